The van der Waals surface area contributed by atoms with Crippen LogP contribution in [0.1, 0.15) is 20.8 Å². The van der Waals surface area contributed by atoms with Gasteiger partial charge in [-0.25, -0.2) is 0 Å². The Bertz CT molecular complexity index is 154. The molecule has 0 bridgehead atoms. The first-order valence-electron chi connectivity index (χ1n) is 3.75. The van der Waals surface area contributed by atoms with Crippen molar-refractivity contribution in [3.8, 4) is 0 Å². The van der Waals surface area contributed by atoms with Crippen molar-refractivity contribution < 1.29 is 9.59 Å². The summed E-state index contributed by atoms with van der Waals surface area (Å²) >= 11 is 0. The second-order valence-electron chi connectivity index (χ2n) is 3.10. The minimum Gasteiger partial charge on any atom is -0.321 e. The average Bonchev–Trinajstić information content (AvgIpc) is 2.00. The lowest BCUT2D eigenvalue weighted by Crippen LogP contribution is -2.39. The first-order chi connectivity index (χ1) is 5.00. The maximum atomic E-state index is 11.2. The lowest BCUT2D eigenvalue weighted by molar-refractivity contribution is -0.128. The molecule has 0 saturated carbocycles. The summed E-state index contributed by atoms with van der Waals surface area (Å²) in [6.07, 6.45) is 0.630. The predicted octanol–water partition coefficient (Wildman–Crippen LogP) is 0.374. The molecular formula is C8H15NO2. The van der Waals surface area contributed by atoms with E-state index in [1.54, 1.807) is 6.92 Å². The van der Waals surface area contributed by atoms with E-state index in [4.69, 9.17) is 5.73 Å². The number of hydrogen-bond acceptors (Lipinski definition) is 3. The molecule has 0 saturated heterocycles. The van der Waals surface area contributed by atoms with Crippen LogP contribution in [0.2, 0.25) is 0 Å². The second kappa shape index (κ2) is 4.23. The molecule has 0 heterocycles. The Kier molecular flexibility index (Phi) is 3.97. The maximum Gasteiger partial charge on any atom is 0.159 e. The van der Waals surface area contributed by atoms with Crippen molar-refractivity contribution in [2.24, 2.45) is 17.6 Å². The van der Waals surface area contributed by atoms with Crippen LogP contribution in [-0.4, -0.2) is 18.1 Å². The van der Waals surface area contributed by atoms with Gasteiger partial charge in [-0.1, -0.05) is 13.8 Å². The Morgan fingerprint density at radius 3 is 2.09 bits per heavy atom. The van der Waals surface area contributed by atoms with E-state index in [-0.39, 0.29) is 11.7 Å². The number of rotatable bonds is 4. The topological polar surface area (TPSA) is 60.2 Å². The van der Waals surface area contributed by atoms with Gasteiger partial charge in [-0.15, -0.1) is 0 Å². The van der Waals surface area contributed by atoms with Crippen molar-refractivity contribution >= 4 is 12.1 Å². The number of carbonyl (C=O) groups excluding carboxylic acids is 2. The zero-order valence-corrected chi connectivity index (χ0v) is 7.20. The van der Waals surface area contributed by atoms with Crippen molar-refractivity contribution in [3.63, 3.8) is 0 Å². The van der Waals surface area contributed by atoms with Gasteiger partial charge in [0.15, 0.2) is 5.78 Å². The van der Waals surface area contributed by atoms with Crippen LogP contribution in [0.25, 0.3) is 0 Å². The molecule has 0 fully saturated rings. The monoisotopic (exact) mass is 157 g/mol. The summed E-state index contributed by atoms with van der Waals surface area (Å²) in [6, 6.07) is -0.504. The molecule has 0 aliphatic rings. The van der Waals surface area contributed by atoms with Gasteiger partial charge in [0.05, 0.1) is 12.0 Å². The molecule has 3 heteroatoms. The quantitative estimate of drug-likeness (QED) is 0.474. The fraction of sp³-hybridized carbons (Fsp3) is 0.750. The molecule has 0 aliphatic carbocycles. The van der Waals surface area contributed by atoms with Gasteiger partial charge in [0.2, 0.25) is 0 Å². The lowest BCUT2D eigenvalue weighted by Gasteiger charge is -2.15. The van der Waals surface area contributed by atoms with Gasteiger partial charge in [0.1, 0.15) is 6.29 Å². The van der Waals surface area contributed by atoms with Crippen LogP contribution in [0.15, 0.2) is 0 Å². The molecule has 0 aromatic heterocycles. The molecule has 0 aliphatic heterocycles. The van der Waals surface area contributed by atoms with Crippen LogP contribution < -0.4 is 5.73 Å². The Hall–Kier alpha value is -0.700. The average molecular weight is 157 g/mol. The summed E-state index contributed by atoms with van der Waals surface area (Å²) in [5, 5.41) is 0. The van der Waals surface area contributed by atoms with Crippen LogP contribution in [-0.2, 0) is 9.59 Å². The summed E-state index contributed by atoms with van der Waals surface area (Å²) in [7, 11) is 0. The molecular weight excluding hydrogens is 142 g/mol. The fourth-order valence-corrected chi connectivity index (χ4v) is 0.699. The molecule has 0 radical (unpaired) electrons. The van der Waals surface area contributed by atoms with Gasteiger partial charge in [0, 0.05) is 0 Å². The van der Waals surface area contributed by atoms with E-state index < -0.39 is 12.0 Å². The zero-order chi connectivity index (χ0) is 9.02. The van der Waals surface area contributed by atoms with Gasteiger partial charge in [-0.05, 0) is 12.8 Å². The van der Waals surface area contributed by atoms with E-state index in [2.05, 4.69) is 0 Å². The van der Waals surface area contributed by atoms with Crippen molar-refractivity contribution in [1.82, 2.24) is 0 Å². The van der Waals surface area contributed by atoms with Crippen LogP contribution in [0.5, 0.6) is 0 Å². The molecule has 0 rings (SSSR count). The van der Waals surface area contributed by atoms with Crippen molar-refractivity contribution in [3.05, 3.63) is 0 Å². The summed E-state index contributed by atoms with van der Waals surface area (Å²) in [6.45, 7) is 5.29. The van der Waals surface area contributed by atoms with E-state index in [9.17, 15) is 9.59 Å². The Morgan fingerprint density at radius 1 is 1.36 bits per heavy atom. The largest absolute Gasteiger partial charge is 0.321 e. The number of Topliss-reactive ketones (excluding diaryl/α,β-unsaturated/α-hetero) is 1. The molecule has 2 atom stereocenters. The summed E-state index contributed by atoms with van der Waals surface area (Å²) in [5.74, 6) is -0.632. The van der Waals surface area contributed by atoms with Crippen LogP contribution in [0, 0.1) is 11.8 Å². The van der Waals surface area contributed by atoms with Crippen molar-refractivity contribution in [1.29, 1.82) is 0 Å². The highest BCUT2D eigenvalue weighted by Crippen LogP contribution is 2.04. The van der Waals surface area contributed by atoms with Gasteiger partial charge in [-0.2, -0.15) is 0 Å². The SMILES string of the molecule is CC(C=O)C(=O)C(N)C(C)C. The standard InChI is InChI=1S/C8H15NO2/c1-5(2)7(9)8(11)6(3)4-10/h4-7H,9H2,1-3H3. The molecule has 0 aromatic carbocycles. The number of aldehydes is 1. The van der Waals surface area contributed by atoms with E-state index in [1.807, 2.05) is 13.8 Å². The van der Waals surface area contributed by atoms with E-state index in [0.717, 1.165) is 0 Å². The number of carbonyl (C=O) groups is 2. The van der Waals surface area contributed by atoms with E-state index >= 15 is 0 Å². The van der Waals surface area contributed by atoms with Crippen LogP contribution in [0.4, 0.5) is 0 Å². The minimum atomic E-state index is -0.563. The summed E-state index contributed by atoms with van der Waals surface area (Å²) < 4.78 is 0. The Morgan fingerprint density at radius 2 is 1.82 bits per heavy atom. The van der Waals surface area contributed by atoms with E-state index in [0.29, 0.717) is 6.29 Å². The van der Waals surface area contributed by atoms with Crippen LogP contribution in [0.3, 0.4) is 0 Å². The fourth-order valence-electron chi connectivity index (χ4n) is 0.699. The third-order valence-corrected chi connectivity index (χ3v) is 1.70. The lowest BCUT2D eigenvalue weighted by atomic mass is 9.94. The van der Waals surface area contributed by atoms with E-state index in [1.165, 1.54) is 0 Å². The third kappa shape index (κ3) is 2.80. The zero-order valence-electron chi connectivity index (χ0n) is 7.20. The molecule has 0 aromatic rings. The molecule has 0 amide bonds. The molecule has 64 valence electrons. The van der Waals surface area contributed by atoms with Gasteiger partial charge >= 0.3 is 0 Å². The summed E-state index contributed by atoms with van der Waals surface area (Å²) in [5.41, 5.74) is 5.53. The third-order valence-electron chi connectivity index (χ3n) is 1.70. The van der Waals surface area contributed by atoms with Crippen molar-refractivity contribution in [2.45, 2.75) is 26.8 Å². The predicted molar refractivity (Wildman–Crippen MR) is 43.0 cm³/mol. The molecule has 11 heavy (non-hydrogen) atoms. The first-order valence-corrected chi connectivity index (χ1v) is 3.75. The highest BCUT2D eigenvalue weighted by Gasteiger charge is 2.21. The Labute approximate surface area is 67.0 Å². The molecule has 2 N–H and O–H groups in total. The molecule has 3 nitrogen and oxygen atoms in total. The first kappa shape index (κ1) is 10.3. The molecule has 0 spiro atoms. The number of nitrogens with two attached hydrogens (primary N) is 1. The van der Waals surface area contributed by atoms with Crippen LogP contribution >= 0.6 is 0 Å². The van der Waals surface area contributed by atoms with Gasteiger partial charge < -0.3 is 10.5 Å². The molecule has 2 unspecified atom stereocenters. The van der Waals surface area contributed by atoms with Crippen molar-refractivity contribution in [2.75, 3.05) is 0 Å². The number of hydrogen-bond donors (Lipinski definition) is 1. The minimum absolute atomic E-state index is 0.102. The maximum absolute atomic E-state index is 11.2. The second-order valence-corrected chi connectivity index (χ2v) is 3.10. The van der Waals surface area contributed by atoms with Gasteiger partial charge in [-0.3, -0.25) is 4.79 Å². The Balaban J connectivity index is 4.12. The van der Waals surface area contributed by atoms with Gasteiger partial charge in [0.25, 0.3) is 0 Å². The highest BCUT2D eigenvalue weighted by molar-refractivity contribution is 5.96. The summed E-state index contributed by atoms with van der Waals surface area (Å²) in [4.78, 5) is 21.4. The smallest absolute Gasteiger partial charge is 0.159 e. The normalized spacial score (nSPS) is 16.1. The highest BCUT2D eigenvalue weighted by atomic mass is 16.1. The number of ketones is 1.